The van der Waals surface area contributed by atoms with Crippen molar-refractivity contribution in [3.8, 4) is 0 Å². The summed E-state index contributed by atoms with van der Waals surface area (Å²) in [5, 5.41) is 32.6. The van der Waals surface area contributed by atoms with Crippen LogP contribution in [-0.2, 0) is 0 Å². The van der Waals surface area contributed by atoms with Crippen LogP contribution in [0.2, 0.25) is 0 Å². The molecule has 0 aromatic heterocycles. The topological polar surface area (TPSA) is 80.9 Å². The third-order valence-corrected chi connectivity index (χ3v) is 5.26. The van der Waals surface area contributed by atoms with Crippen LogP contribution < -0.4 is 0 Å². The predicted molar refractivity (Wildman–Crippen MR) is 69.9 cm³/mol. The van der Waals surface area contributed by atoms with Crippen LogP contribution in [0.3, 0.4) is 0 Å². The zero-order valence-electron chi connectivity index (χ0n) is 11.5. The molecule has 3 aliphatic rings. The molecule has 0 amide bonds. The summed E-state index contributed by atoms with van der Waals surface area (Å²) in [6, 6.07) is 0. The minimum absolute atomic E-state index is 0.378. The van der Waals surface area contributed by atoms with E-state index in [-0.39, 0.29) is 0 Å². The van der Waals surface area contributed by atoms with Crippen LogP contribution in [-0.4, -0.2) is 47.9 Å². The normalized spacial score (nSPS) is 43.7. The number of aliphatic hydroxyl groups is 4. The van der Waals surface area contributed by atoms with Crippen LogP contribution in [0.15, 0.2) is 0 Å². The highest BCUT2D eigenvalue weighted by Crippen LogP contribution is 2.62. The SMILES string of the molecule is CO.CO.OCC1CC2CC1C1C(CO)CCC21. The second-order valence-electron chi connectivity index (χ2n) is 5.60. The lowest BCUT2D eigenvalue weighted by Crippen LogP contribution is -2.31. The Hall–Kier alpha value is -0.160. The third-order valence-electron chi connectivity index (χ3n) is 5.26. The van der Waals surface area contributed by atoms with Gasteiger partial charge < -0.3 is 20.4 Å². The van der Waals surface area contributed by atoms with Gasteiger partial charge in [0.15, 0.2) is 0 Å². The summed E-state index contributed by atoms with van der Waals surface area (Å²) in [6.07, 6.45) is 5.18. The summed E-state index contributed by atoms with van der Waals surface area (Å²) in [6.45, 7) is 0.755. The third kappa shape index (κ3) is 2.57. The van der Waals surface area contributed by atoms with Crippen LogP contribution in [0.5, 0.6) is 0 Å². The smallest absolute Gasteiger partial charge is 0.0462 e. The first-order chi connectivity index (χ1) is 8.85. The summed E-state index contributed by atoms with van der Waals surface area (Å²) < 4.78 is 0. The van der Waals surface area contributed by atoms with Crippen molar-refractivity contribution in [3.63, 3.8) is 0 Å². The van der Waals surface area contributed by atoms with Crippen LogP contribution in [0, 0.1) is 35.5 Å². The Kier molecular flexibility index (Phi) is 6.57. The quantitative estimate of drug-likeness (QED) is 0.582. The Morgan fingerprint density at radius 1 is 0.778 bits per heavy atom. The molecule has 6 atom stereocenters. The molecule has 108 valence electrons. The maximum atomic E-state index is 9.34. The van der Waals surface area contributed by atoms with Crippen molar-refractivity contribution in [1.29, 1.82) is 0 Å². The number of rotatable bonds is 2. The van der Waals surface area contributed by atoms with Crippen molar-refractivity contribution in [2.75, 3.05) is 27.4 Å². The Bertz CT molecular complexity index is 234. The molecule has 3 aliphatic carbocycles. The molecular formula is C14H28O4. The maximum Gasteiger partial charge on any atom is 0.0462 e. The summed E-state index contributed by atoms with van der Waals surface area (Å²) in [5.41, 5.74) is 0. The summed E-state index contributed by atoms with van der Waals surface area (Å²) >= 11 is 0. The van der Waals surface area contributed by atoms with Gasteiger partial charge in [-0.3, -0.25) is 0 Å². The van der Waals surface area contributed by atoms with E-state index in [1.54, 1.807) is 0 Å². The monoisotopic (exact) mass is 260 g/mol. The molecule has 0 radical (unpaired) electrons. The summed E-state index contributed by atoms with van der Waals surface area (Å²) in [7, 11) is 2.00. The van der Waals surface area contributed by atoms with E-state index in [1.165, 1.54) is 25.7 Å². The van der Waals surface area contributed by atoms with E-state index in [9.17, 15) is 10.2 Å². The molecule has 0 heterocycles. The van der Waals surface area contributed by atoms with Gasteiger partial charge in [0.2, 0.25) is 0 Å². The molecule has 0 spiro atoms. The number of fused-ring (bicyclic) bond motifs is 5. The second-order valence-corrected chi connectivity index (χ2v) is 5.60. The van der Waals surface area contributed by atoms with Crippen LogP contribution in [0.4, 0.5) is 0 Å². The lowest BCUT2D eigenvalue weighted by molar-refractivity contribution is 0.0794. The van der Waals surface area contributed by atoms with Gasteiger partial charge >= 0.3 is 0 Å². The van der Waals surface area contributed by atoms with Gasteiger partial charge in [-0.2, -0.15) is 0 Å². The highest BCUT2D eigenvalue weighted by Gasteiger charge is 2.56. The first kappa shape index (κ1) is 15.9. The molecular weight excluding hydrogens is 232 g/mol. The van der Waals surface area contributed by atoms with Crippen molar-refractivity contribution in [2.45, 2.75) is 25.7 Å². The highest BCUT2D eigenvalue weighted by atomic mass is 16.3. The Balaban J connectivity index is 0.000000371. The van der Waals surface area contributed by atoms with Crippen LogP contribution >= 0.6 is 0 Å². The average molecular weight is 260 g/mol. The molecule has 18 heavy (non-hydrogen) atoms. The van der Waals surface area contributed by atoms with E-state index in [0.29, 0.717) is 25.0 Å². The number of hydrogen-bond acceptors (Lipinski definition) is 4. The largest absolute Gasteiger partial charge is 0.400 e. The first-order valence-electron chi connectivity index (χ1n) is 6.96. The zero-order chi connectivity index (χ0) is 13.7. The molecule has 3 rings (SSSR count). The molecule has 0 aliphatic heterocycles. The van der Waals surface area contributed by atoms with Crippen LogP contribution in [0.25, 0.3) is 0 Å². The molecule has 4 nitrogen and oxygen atoms in total. The molecule has 3 saturated carbocycles. The Morgan fingerprint density at radius 3 is 1.94 bits per heavy atom. The Labute approximate surface area is 110 Å². The second kappa shape index (κ2) is 7.43. The zero-order valence-corrected chi connectivity index (χ0v) is 11.5. The highest BCUT2D eigenvalue weighted by molar-refractivity contribution is 5.05. The fraction of sp³-hybridized carbons (Fsp3) is 1.00. The molecule has 0 saturated heterocycles. The van der Waals surface area contributed by atoms with E-state index in [4.69, 9.17) is 10.2 Å². The van der Waals surface area contributed by atoms with Gasteiger partial charge in [-0.1, -0.05) is 0 Å². The predicted octanol–water partition coefficient (Wildman–Crippen LogP) is 0.486. The van der Waals surface area contributed by atoms with E-state index in [0.717, 1.165) is 37.9 Å². The van der Waals surface area contributed by atoms with E-state index in [2.05, 4.69) is 0 Å². The average Bonchev–Trinajstić information content (AvgIpc) is 3.13. The van der Waals surface area contributed by atoms with Crippen molar-refractivity contribution >= 4 is 0 Å². The van der Waals surface area contributed by atoms with Gasteiger partial charge in [-0.05, 0) is 61.2 Å². The van der Waals surface area contributed by atoms with Crippen molar-refractivity contribution in [2.24, 2.45) is 35.5 Å². The van der Waals surface area contributed by atoms with Gasteiger partial charge in [-0.25, -0.2) is 0 Å². The molecule has 3 fully saturated rings. The summed E-state index contributed by atoms with van der Waals surface area (Å²) in [5.74, 6) is 4.42. The Morgan fingerprint density at radius 2 is 1.39 bits per heavy atom. The van der Waals surface area contributed by atoms with Crippen molar-refractivity contribution < 1.29 is 20.4 Å². The van der Waals surface area contributed by atoms with Crippen LogP contribution in [0.1, 0.15) is 25.7 Å². The van der Waals surface area contributed by atoms with E-state index in [1.807, 2.05) is 0 Å². The lowest BCUT2D eigenvalue weighted by atomic mass is 9.73. The summed E-state index contributed by atoms with van der Waals surface area (Å²) in [4.78, 5) is 0. The lowest BCUT2D eigenvalue weighted by Gasteiger charge is -2.33. The fourth-order valence-electron chi connectivity index (χ4n) is 4.80. The minimum Gasteiger partial charge on any atom is -0.400 e. The molecule has 4 heteroatoms. The van der Waals surface area contributed by atoms with Gasteiger partial charge in [0.25, 0.3) is 0 Å². The van der Waals surface area contributed by atoms with E-state index >= 15 is 0 Å². The minimum atomic E-state index is 0.378. The van der Waals surface area contributed by atoms with Crippen molar-refractivity contribution in [1.82, 2.24) is 0 Å². The molecule has 2 bridgehead atoms. The van der Waals surface area contributed by atoms with Gasteiger partial charge in [0, 0.05) is 27.4 Å². The first-order valence-corrected chi connectivity index (χ1v) is 6.96. The van der Waals surface area contributed by atoms with Gasteiger partial charge in [0.05, 0.1) is 0 Å². The maximum absolute atomic E-state index is 9.34. The van der Waals surface area contributed by atoms with Gasteiger partial charge in [0.1, 0.15) is 0 Å². The molecule has 0 aromatic rings. The standard InChI is InChI=1S/C12H20O2.2CH4O/c13-5-7-1-2-10-8-3-9(6-14)11(4-8)12(7)10;2*1-2/h7-14H,1-6H2;2*2H,1H3. The molecule has 4 N–H and O–H groups in total. The number of hydrogen-bond donors (Lipinski definition) is 4. The van der Waals surface area contributed by atoms with E-state index < -0.39 is 0 Å². The number of aliphatic hydroxyl groups excluding tert-OH is 4. The van der Waals surface area contributed by atoms with Crippen molar-refractivity contribution in [3.05, 3.63) is 0 Å². The molecule has 0 aromatic carbocycles. The van der Waals surface area contributed by atoms with Gasteiger partial charge in [-0.15, -0.1) is 0 Å². The fourth-order valence-corrected chi connectivity index (χ4v) is 4.80. The molecule has 6 unspecified atom stereocenters.